The summed E-state index contributed by atoms with van der Waals surface area (Å²) in [4.78, 5) is 8.15. The van der Waals surface area contributed by atoms with Crippen molar-refractivity contribution in [1.29, 1.82) is 0 Å². The smallest absolute Gasteiger partial charge is 0.262 e. The van der Waals surface area contributed by atoms with Crippen LogP contribution in [0, 0.1) is 6.92 Å². The molecular weight excluding hydrogens is 294 g/mol. The lowest BCUT2D eigenvalue weighted by molar-refractivity contribution is 0.239. The summed E-state index contributed by atoms with van der Waals surface area (Å²) in [5.41, 5.74) is 0. The van der Waals surface area contributed by atoms with Crippen LogP contribution in [0.1, 0.15) is 37.0 Å². The maximum absolute atomic E-state index is 12.8. The highest BCUT2D eigenvalue weighted by atomic mass is 32.2. The molecule has 0 aromatic carbocycles. The van der Waals surface area contributed by atoms with Crippen molar-refractivity contribution in [3.8, 4) is 0 Å². The average molecular weight is 311 g/mol. The van der Waals surface area contributed by atoms with E-state index in [1.165, 1.54) is 16.8 Å². The van der Waals surface area contributed by atoms with Gasteiger partial charge >= 0.3 is 0 Å². The number of hydrogen-bond donors (Lipinski definition) is 0. The molecule has 1 fully saturated rings. The van der Waals surface area contributed by atoms with Crippen molar-refractivity contribution < 1.29 is 12.9 Å². The summed E-state index contributed by atoms with van der Waals surface area (Å²) in [5.74, 6) is 0.859. The standard InChI is InChI=1S/C12H17N5O3S/c1-9-14-12(15-20-9)10-5-3-4-6-17(10)21(18,19)11-7-16(2)8-13-11/h7-8,10H,3-6H2,1-2H3. The predicted octanol–water partition coefficient (Wildman–Crippen LogP) is 1.03. The minimum Gasteiger partial charge on any atom is -0.340 e. The van der Waals surface area contributed by atoms with Crippen LogP contribution in [0.15, 0.2) is 22.1 Å². The molecule has 8 nitrogen and oxygen atoms in total. The van der Waals surface area contributed by atoms with Crippen molar-refractivity contribution in [3.05, 3.63) is 24.2 Å². The Balaban J connectivity index is 1.97. The van der Waals surface area contributed by atoms with Gasteiger partial charge in [-0.1, -0.05) is 11.6 Å². The Hall–Kier alpha value is -1.74. The third-order valence-corrected chi connectivity index (χ3v) is 5.34. The number of rotatable bonds is 3. The second kappa shape index (κ2) is 5.23. The lowest BCUT2D eigenvalue weighted by Gasteiger charge is -2.31. The molecule has 9 heteroatoms. The highest BCUT2D eigenvalue weighted by Crippen LogP contribution is 2.33. The van der Waals surface area contributed by atoms with Crippen molar-refractivity contribution in [2.75, 3.05) is 6.54 Å². The lowest BCUT2D eigenvalue weighted by atomic mass is 10.0. The minimum absolute atomic E-state index is 0.0529. The van der Waals surface area contributed by atoms with Gasteiger partial charge in [0.1, 0.15) is 0 Å². The molecule has 1 saturated heterocycles. The molecule has 1 aliphatic heterocycles. The van der Waals surface area contributed by atoms with Crippen LogP contribution in [-0.4, -0.2) is 39.0 Å². The minimum atomic E-state index is -3.65. The van der Waals surface area contributed by atoms with E-state index in [0.29, 0.717) is 24.7 Å². The Labute approximate surface area is 122 Å². The fourth-order valence-electron chi connectivity index (χ4n) is 2.54. The third-order valence-electron chi connectivity index (χ3n) is 3.55. The van der Waals surface area contributed by atoms with Gasteiger partial charge in [-0.15, -0.1) is 0 Å². The number of aryl methyl sites for hydroxylation is 2. The molecule has 0 N–H and O–H groups in total. The third kappa shape index (κ3) is 2.58. The van der Waals surface area contributed by atoms with Crippen LogP contribution >= 0.6 is 0 Å². The quantitative estimate of drug-likeness (QED) is 0.840. The first kappa shape index (κ1) is 14.2. The zero-order valence-electron chi connectivity index (χ0n) is 11.9. The molecule has 0 saturated carbocycles. The van der Waals surface area contributed by atoms with E-state index in [-0.39, 0.29) is 11.1 Å². The molecule has 0 bridgehead atoms. The van der Waals surface area contributed by atoms with Crippen molar-refractivity contribution in [1.82, 2.24) is 24.0 Å². The van der Waals surface area contributed by atoms with Crippen LogP contribution in [0.25, 0.3) is 0 Å². The summed E-state index contributed by atoms with van der Waals surface area (Å²) >= 11 is 0. The van der Waals surface area contributed by atoms with Crippen LogP contribution < -0.4 is 0 Å². The molecule has 114 valence electrons. The second-order valence-electron chi connectivity index (χ2n) is 5.18. The highest BCUT2D eigenvalue weighted by molar-refractivity contribution is 7.89. The summed E-state index contributed by atoms with van der Waals surface area (Å²) in [6.07, 6.45) is 5.42. The molecule has 2 aromatic rings. The largest absolute Gasteiger partial charge is 0.340 e. The molecule has 2 aromatic heterocycles. The average Bonchev–Trinajstić information content (AvgIpc) is 3.08. The summed E-state index contributed by atoms with van der Waals surface area (Å²) in [6.45, 7) is 2.13. The Bertz CT molecular complexity index is 736. The lowest BCUT2D eigenvalue weighted by Crippen LogP contribution is -2.39. The van der Waals surface area contributed by atoms with E-state index in [0.717, 1.165) is 12.8 Å². The van der Waals surface area contributed by atoms with Gasteiger partial charge in [-0.25, -0.2) is 13.4 Å². The van der Waals surface area contributed by atoms with Crippen LogP contribution in [0.2, 0.25) is 0 Å². The highest BCUT2D eigenvalue weighted by Gasteiger charge is 2.37. The van der Waals surface area contributed by atoms with Gasteiger partial charge in [0.2, 0.25) is 5.89 Å². The molecule has 21 heavy (non-hydrogen) atoms. The van der Waals surface area contributed by atoms with Crippen molar-refractivity contribution in [2.24, 2.45) is 7.05 Å². The normalized spacial score (nSPS) is 20.8. The zero-order chi connectivity index (χ0) is 15.0. The van der Waals surface area contributed by atoms with E-state index in [2.05, 4.69) is 15.1 Å². The van der Waals surface area contributed by atoms with Gasteiger partial charge in [0, 0.05) is 26.7 Å². The van der Waals surface area contributed by atoms with Crippen molar-refractivity contribution in [2.45, 2.75) is 37.3 Å². The first-order valence-electron chi connectivity index (χ1n) is 6.78. The van der Waals surface area contributed by atoms with Crippen LogP contribution in [0.5, 0.6) is 0 Å². The maximum Gasteiger partial charge on any atom is 0.262 e. The van der Waals surface area contributed by atoms with Crippen LogP contribution in [0.3, 0.4) is 0 Å². The summed E-state index contributed by atoms with van der Waals surface area (Å²) in [7, 11) is -1.91. The summed E-state index contributed by atoms with van der Waals surface area (Å²) in [5, 5.41) is 3.94. The zero-order valence-corrected chi connectivity index (χ0v) is 12.7. The molecule has 1 aliphatic rings. The van der Waals surface area contributed by atoms with E-state index < -0.39 is 10.0 Å². The van der Waals surface area contributed by atoms with Gasteiger partial charge in [-0.2, -0.15) is 9.29 Å². The molecular formula is C12H17N5O3S. The SMILES string of the molecule is Cc1nc(C2CCCCN2S(=O)(=O)c2cn(C)cn2)no1. The summed E-state index contributed by atoms with van der Waals surface area (Å²) < 4.78 is 33.5. The van der Waals surface area contributed by atoms with E-state index in [1.807, 2.05) is 0 Å². The number of sulfonamides is 1. The Morgan fingerprint density at radius 2 is 2.19 bits per heavy atom. The maximum atomic E-state index is 12.8. The number of hydrogen-bond acceptors (Lipinski definition) is 6. The Morgan fingerprint density at radius 1 is 1.38 bits per heavy atom. The van der Waals surface area contributed by atoms with Gasteiger partial charge in [-0.05, 0) is 12.8 Å². The topological polar surface area (TPSA) is 94.1 Å². The number of aromatic nitrogens is 4. The first-order chi connectivity index (χ1) is 9.98. The molecule has 0 amide bonds. The molecule has 3 rings (SSSR count). The van der Waals surface area contributed by atoms with Crippen LogP contribution in [-0.2, 0) is 17.1 Å². The molecule has 0 aliphatic carbocycles. The number of imidazole rings is 1. The van der Waals surface area contributed by atoms with Gasteiger partial charge in [-0.3, -0.25) is 0 Å². The van der Waals surface area contributed by atoms with Gasteiger partial charge in [0.25, 0.3) is 10.0 Å². The van der Waals surface area contributed by atoms with E-state index in [9.17, 15) is 8.42 Å². The predicted molar refractivity (Wildman–Crippen MR) is 72.7 cm³/mol. The summed E-state index contributed by atoms with van der Waals surface area (Å²) in [6, 6.07) is -0.386. The molecule has 1 unspecified atom stereocenters. The van der Waals surface area contributed by atoms with E-state index in [1.54, 1.807) is 18.5 Å². The van der Waals surface area contributed by atoms with Gasteiger partial charge in [0.05, 0.1) is 12.4 Å². The fraction of sp³-hybridized carbons (Fsp3) is 0.583. The van der Waals surface area contributed by atoms with E-state index >= 15 is 0 Å². The number of piperidine rings is 1. The molecule has 1 atom stereocenters. The molecule has 0 radical (unpaired) electrons. The van der Waals surface area contributed by atoms with Gasteiger partial charge < -0.3 is 9.09 Å². The Kier molecular flexibility index (Phi) is 3.54. The second-order valence-corrected chi connectivity index (χ2v) is 7.01. The molecule has 0 spiro atoms. The molecule has 3 heterocycles. The van der Waals surface area contributed by atoms with Gasteiger partial charge in [0.15, 0.2) is 10.9 Å². The van der Waals surface area contributed by atoms with E-state index in [4.69, 9.17) is 4.52 Å². The van der Waals surface area contributed by atoms with Crippen LogP contribution in [0.4, 0.5) is 0 Å². The monoisotopic (exact) mass is 311 g/mol. The first-order valence-corrected chi connectivity index (χ1v) is 8.22. The van der Waals surface area contributed by atoms with Crippen molar-refractivity contribution >= 4 is 10.0 Å². The fourth-order valence-corrected chi connectivity index (χ4v) is 4.17. The number of nitrogens with zero attached hydrogens (tertiary/aromatic N) is 5. The Morgan fingerprint density at radius 3 is 2.81 bits per heavy atom. The van der Waals surface area contributed by atoms with Crippen molar-refractivity contribution in [3.63, 3.8) is 0 Å².